The van der Waals surface area contributed by atoms with Crippen LogP contribution >= 0.6 is 0 Å². The summed E-state index contributed by atoms with van der Waals surface area (Å²) in [5.41, 5.74) is 6.01. The zero-order valence-electron chi connectivity index (χ0n) is 21.9. The minimum Gasteiger partial charge on any atom is -0.454 e. The molecule has 2 aromatic heterocycles. The number of furan rings is 1. The van der Waals surface area contributed by atoms with Gasteiger partial charge >= 0.3 is 0 Å². The van der Waals surface area contributed by atoms with Gasteiger partial charge in [-0.25, -0.2) is 8.96 Å². The van der Waals surface area contributed by atoms with Gasteiger partial charge in [0.1, 0.15) is 24.0 Å². The van der Waals surface area contributed by atoms with Crippen molar-refractivity contribution < 1.29 is 14.7 Å². The Kier molecular flexibility index (Phi) is 4.47. The first-order valence-electron chi connectivity index (χ1n) is 13.0. The lowest BCUT2D eigenvalue weighted by atomic mass is 9.91. The summed E-state index contributed by atoms with van der Waals surface area (Å²) in [6.45, 7) is 3.99. The van der Waals surface area contributed by atoms with Crippen LogP contribution in [0.25, 0.3) is 65.9 Å². The predicted octanol–water partition coefficient (Wildman–Crippen LogP) is 8.81. The van der Waals surface area contributed by atoms with Crippen LogP contribution in [0.1, 0.15) is 12.5 Å². The molecular weight excluding hydrogens is 457 g/mol. The highest BCUT2D eigenvalue weighted by molar-refractivity contribution is 6.19. The number of halogens is 1. The Balaban J connectivity index is 1.69. The molecule has 0 atom stereocenters. The van der Waals surface area contributed by atoms with Crippen molar-refractivity contribution in [2.45, 2.75) is 13.8 Å². The summed E-state index contributed by atoms with van der Waals surface area (Å²) in [6.07, 6.45) is 2.01. The summed E-state index contributed by atoms with van der Waals surface area (Å²) in [4.78, 5) is 0. The van der Waals surface area contributed by atoms with Crippen LogP contribution in [0.2, 0.25) is 0 Å². The van der Waals surface area contributed by atoms with Crippen LogP contribution in [0.15, 0.2) is 102 Å². The standard InChI is InChI=1S/C34H25FNO/c1-20-15-16-26-30-21(2)18-28(35)32(34(30)37-33(26)31(20)29-14-8-9-17-36(29)3)27-19-22-10-4-5-11-23(22)24-12-6-7-13-25(24)27/h4-19H,1-3H3/q+1/i19D. The van der Waals surface area contributed by atoms with Crippen molar-refractivity contribution in [3.05, 3.63) is 114 Å². The first kappa shape index (κ1) is 20.7. The Labute approximate surface area is 215 Å². The fourth-order valence-corrected chi connectivity index (χ4v) is 5.77. The van der Waals surface area contributed by atoms with Crippen molar-refractivity contribution in [3.63, 3.8) is 0 Å². The van der Waals surface area contributed by atoms with Crippen molar-refractivity contribution >= 4 is 43.5 Å². The molecule has 178 valence electrons. The average molecular weight is 484 g/mol. The van der Waals surface area contributed by atoms with E-state index < -0.39 is 0 Å². The lowest BCUT2D eigenvalue weighted by Crippen LogP contribution is -2.30. The fourth-order valence-electron chi connectivity index (χ4n) is 5.77. The number of aromatic nitrogens is 1. The van der Waals surface area contributed by atoms with E-state index in [-0.39, 0.29) is 5.82 Å². The summed E-state index contributed by atoms with van der Waals surface area (Å²) >= 11 is 0. The second-order valence-electron chi connectivity index (χ2n) is 9.78. The van der Waals surface area contributed by atoms with Gasteiger partial charge < -0.3 is 4.42 Å². The molecule has 0 bridgehead atoms. The maximum Gasteiger partial charge on any atom is 0.216 e. The Bertz CT molecular complexity index is 2090. The molecule has 0 saturated carbocycles. The molecule has 7 rings (SSSR count). The third kappa shape index (κ3) is 3.14. The van der Waals surface area contributed by atoms with E-state index in [2.05, 4.69) is 29.7 Å². The quantitative estimate of drug-likeness (QED) is 0.177. The number of nitrogens with zero attached hydrogens (tertiary/aromatic N) is 1. The second-order valence-corrected chi connectivity index (χ2v) is 9.78. The van der Waals surface area contributed by atoms with E-state index in [0.717, 1.165) is 60.3 Å². The largest absolute Gasteiger partial charge is 0.454 e. The van der Waals surface area contributed by atoms with Crippen LogP contribution in [-0.2, 0) is 7.05 Å². The molecule has 0 fully saturated rings. The van der Waals surface area contributed by atoms with Gasteiger partial charge in [0, 0.05) is 22.9 Å². The first-order valence-corrected chi connectivity index (χ1v) is 12.5. The molecular formula is C34H25FNO+. The Morgan fingerprint density at radius 3 is 2.27 bits per heavy atom. The van der Waals surface area contributed by atoms with E-state index >= 15 is 4.39 Å². The summed E-state index contributed by atoms with van der Waals surface area (Å²) < 4.78 is 34.1. The maximum absolute atomic E-state index is 16.1. The number of pyridine rings is 1. The highest BCUT2D eigenvalue weighted by Crippen LogP contribution is 2.45. The summed E-state index contributed by atoms with van der Waals surface area (Å²) in [6, 6.07) is 27.9. The zero-order chi connectivity index (χ0) is 26.1. The molecule has 0 aliphatic heterocycles. The molecule has 0 saturated heterocycles. The van der Waals surface area contributed by atoms with Crippen molar-refractivity contribution in [1.82, 2.24) is 0 Å². The van der Waals surface area contributed by atoms with Crippen LogP contribution in [0, 0.1) is 19.7 Å². The molecule has 2 nitrogen and oxygen atoms in total. The van der Waals surface area contributed by atoms with E-state index in [1.807, 2.05) is 80.8 Å². The Morgan fingerprint density at radius 1 is 0.730 bits per heavy atom. The number of rotatable bonds is 2. The van der Waals surface area contributed by atoms with Crippen LogP contribution in [0.5, 0.6) is 0 Å². The van der Waals surface area contributed by atoms with Crippen molar-refractivity contribution in [3.8, 4) is 22.4 Å². The zero-order valence-corrected chi connectivity index (χ0v) is 20.9. The minimum atomic E-state index is -0.383. The van der Waals surface area contributed by atoms with Gasteiger partial charge in [-0.15, -0.1) is 0 Å². The molecule has 0 radical (unpaired) electrons. The topological polar surface area (TPSA) is 17.0 Å². The summed E-state index contributed by atoms with van der Waals surface area (Å²) in [5, 5.41) is 5.43. The number of benzene rings is 5. The molecule has 5 aromatic carbocycles. The number of hydrogen-bond acceptors (Lipinski definition) is 1. The summed E-state index contributed by atoms with van der Waals surface area (Å²) in [7, 11) is 2.01. The van der Waals surface area contributed by atoms with Crippen molar-refractivity contribution in [2.24, 2.45) is 7.05 Å². The predicted molar refractivity (Wildman–Crippen MR) is 150 cm³/mol. The number of fused-ring (bicyclic) bond motifs is 6. The van der Waals surface area contributed by atoms with Gasteiger partial charge in [-0.1, -0.05) is 60.7 Å². The van der Waals surface area contributed by atoms with Gasteiger partial charge in [-0.2, -0.15) is 0 Å². The molecule has 0 N–H and O–H groups in total. The van der Waals surface area contributed by atoms with Crippen molar-refractivity contribution in [1.29, 1.82) is 0 Å². The maximum atomic E-state index is 16.1. The molecule has 0 aliphatic rings. The van der Waals surface area contributed by atoms with E-state index in [4.69, 9.17) is 4.42 Å². The van der Waals surface area contributed by atoms with Crippen LogP contribution < -0.4 is 4.57 Å². The van der Waals surface area contributed by atoms with E-state index in [1.54, 1.807) is 6.07 Å². The fraction of sp³-hybridized carbons (Fsp3) is 0.0882. The lowest BCUT2D eigenvalue weighted by Gasteiger charge is -2.13. The molecule has 3 heteroatoms. The molecule has 0 unspecified atom stereocenters. The second kappa shape index (κ2) is 8.01. The molecule has 7 aromatic rings. The normalized spacial score (nSPS) is 12.2. The first-order chi connectivity index (χ1) is 18.5. The average Bonchev–Trinajstić information content (AvgIpc) is 3.31. The highest BCUT2D eigenvalue weighted by Gasteiger charge is 2.25. The van der Waals surface area contributed by atoms with Crippen LogP contribution in [-0.4, -0.2) is 0 Å². The van der Waals surface area contributed by atoms with E-state index in [0.29, 0.717) is 22.8 Å². The Hall–Kier alpha value is -4.50. The molecule has 0 amide bonds. The Morgan fingerprint density at radius 2 is 1.46 bits per heavy atom. The van der Waals surface area contributed by atoms with Gasteiger partial charge in [0.2, 0.25) is 5.69 Å². The number of aryl methyl sites for hydroxylation is 3. The molecule has 0 aliphatic carbocycles. The van der Waals surface area contributed by atoms with Gasteiger partial charge in [0.05, 0.1) is 12.5 Å². The third-order valence-electron chi connectivity index (χ3n) is 7.50. The van der Waals surface area contributed by atoms with Gasteiger partial charge in [0.25, 0.3) is 0 Å². The SMILES string of the molecule is [2H]c1c(-c2c(F)cc(C)c3c2oc2c(-c4cccc[n+]4C)c(C)ccc23)c2ccccc2c2ccccc12. The van der Waals surface area contributed by atoms with Gasteiger partial charge in [-0.05, 0) is 70.3 Å². The van der Waals surface area contributed by atoms with Crippen LogP contribution in [0.4, 0.5) is 4.39 Å². The van der Waals surface area contributed by atoms with Gasteiger partial charge in [-0.3, -0.25) is 0 Å². The van der Waals surface area contributed by atoms with E-state index in [1.165, 1.54) is 0 Å². The smallest absolute Gasteiger partial charge is 0.216 e. The monoisotopic (exact) mass is 483 g/mol. The van der Waals surface area contributed by atoms with Crippen LogP contribution in [0.3, 0.4) is 0 Å². The number of hydrogen-bond donors (Lipinski definition) is 0. The third-order valence-corrected chi connectivity index (χ3v) is 7.50. The van der Waals surface area contributed by atoms with Crippen molar-refractivity contribution in [2.75, 3.05) is 0 Å². The molecule has 37 heavy (non-hydrogen) atoms. The van der Waals surface area contributed by atoms with E-state index in [9.17, 15) is 1.37 Å². The highest BCUT2D eigenvalue weighted by atomic mass is 19.1. The minimum absolute atomic E-state index is 0.301. The molecule has 2 heterocycles. The lowest BCUT2D eigenvalue weighted by molar-refractivity contribution is -0.660. The van der Waals surface area contributed by atoms with Gasteiger partial charge in [0.15, 0.2) is 6.20 Å². The molecule has 0 spiro atoms. The summed E-state index contributed by atoms with van der Waals surface area (Å²) in [5.74, 6) is -0.383.